The number of benzene rings is 3. The van der Waals surface area contributed by atoms with Crippen LogP contribution in [0.15, 0.2) is 48.5 Å². The fourth-order valence-electron chi connectivity index (χ4n) is 3.44. The minimum atomic E-state index is 0.786. The predicted molar refractivity (Wildman–Crippen MR) is 125 cm³/mol. The van der Waals surface area contributed by atoms with Gasteiger partial charge in [0.2, 0.25) is 0 Å². The zero-order valence-electron chi connectivity index (χ0n) is 17.1. The molecule has 2 heteroatoms. The van der Waals surface area contributed by atoms with E-state index in [2.05, 4.69) is 52.0 Å². The summed E-state index contributed by atoms with van der Waals surface area (Å²) >= 11 is 0. The van der Waals surface area contributed by atoms with Gasteiger partial charge < -0.3 is 11.5 Å². The first-order valence-corrected chi connectivity index (χ1v) is 9.54. The fraction of sp³-hybridized carbons (Fsp3) is 0.154. The number of rotatable bonds is 4. The lowest BCUT2D eigenvalue weighted by Gasteiger charge is -2.17. The molecular weight excluding hydrogens is 340 g/mol. The van der Waals surface area contributed by atoms with Gasteiger partial charge in [0.25, 0.3) is 0 Å². The van der Waals surface area contributed by atoms with Gasteiger partial charge in [0.1, 0.15) is 0 Å². The van der Waals surface area contributed by atoms with Gasteiger partial charge in [-0.3, -0.25) is 0 Å². The Kier molecular flexibility index (Phi) is 5.70. The van der Waals surface area contributed by atoms with Gasteiger partial charge in [-0.1, -0.05) is 48.6 Å². The average Bonchev–Trinajstić information content (AvgIpc) is 2.69. The molecule has 2 nitrogen and oxygen atoms in total. The highest BCUT2D eigenvalue weighted by atomic mass is 14.5. The Labute approximate surface area is 168 Å². The van der Waals surface area contributed by atoms with E-state index in [1.807, 2.05) is 48.5 Å². The first-order valence-electron chi connectivity index (χ1n) is 9.54. The third-order valence-electron chi connectivity index (χ3n) is 5.50. The van der Waals surface area contributed by atoms with Gasteiger partial charge in [-0.2, -0.15) is 0 Å². The van der Waals surface area contributed by atoms with Crippen LogP contribution in [0, 0.1) is 27.7 Å². The minimum Gasteiger partial charge on any atom is -0.399 e. The highest BCUT2D eigenvalue weighted by Gasteiger charge is 2.11. The summed E-state index contributed by atoms with van der Waals surface area (Å²) in [4.78, 5) is 0. The first-order chi connectivity index (χ1) is 13.4. The molecule has 0 fully saturated rings. The van der Waals surface area contributed by atoms with E-state index in [1.165, 1.54) is 33.4 Å². The molecule has 0 saturated heterocycles. The van der Waals surface area contributed by atoms with Gasteiger partial charge in [0, 0.05) is 11.4 Å². The van der Waals surface area contributed by atoms with E-state index in [0.717, 1.165) is 22.5 Å². The molecule has 0 heterocycles. The molecule has 0 unspecified atom stereocenters. The monoisotopic (exact) mass is 368 g/mol. The van der Waals surface area contributed by atoms with E-state index in [9.17, 15) is 0 Å². The zero-order chi connectivity index (χ0) is 20.3. The van der Waals surface area contributed by atoms with Crippen molar-refractivity contribution in [3.8, 4) is 0 Å². The maximum absolute atomic E-state index is 5.78. The van der Waals surface area contributed by atoms with Crippen molar-refractivity contribution in [3.05, 3.63) is 93.0 Å². The number of nitrogens with two attached hydrogens (primary N) is 2. The molecule has 0 atom stereocenters. The van der Waals surface area contributed by atoms with Crippen molar-refractivity contribution in [2.45, 2.75) is 27.7 Å². The Morgan fingerprint density at radius 2 is 0.750 bits per heavy atom. The number of hydrogen-bond donors (Lipinski definition) is 2. The molecule has 0 aliphatic heterocycles. The van der Waals surface area contributed by atoms with Crippen LogP contribution in [0.25, 0.3) is 24.3 Å². The van der Waals surface area contributed by atoms with Crippen LogP contribution < -0.4 is 11.5 Å². The van der Waals surface area contributed by atoms with Crippen LogP contribution >= 0.6 is 0 Å². The Hall–Kier alpha value is -3.26. The molecule has 0 spiro atoms. The molecule has 0 radical (unpaired) electrons. The quantitative estimate of drug-likeness (QED) is 0.412. The summed E-state index contributed by atoms with van der Waals surface area (Å²) in [5, 5.41) is 0. The summed E-state index contributed by atoms with van der Waals surface area (Å²) < 4.78 is 0. The lowest BCUT2D eigenvalue weighted by Crippen LogP contribution is -1.99. The van der Waals surface area contributed by atoms with Gasteiger partial charge in [0.15, 0.2) is 0 Å². The lowest BCUT2D eigenvalue weighted by molar-refractivity contribution is 1.21. The first kappa shape index (κ1) is 19.5. The highest BCUT2D eigenvalue weighted by molar-refractivity contribution is 5.80. The summed E-state index contributed by atoms with van der Waals surface area (Å²) in [6, 6.07) is 15.9. The molecule has 3 rings (SSSR count). The molecule has 0 aromatic heterocycles. The van der Waals surface area contributed by atoms with Gasteiger partial charge in [-0.15, -0.1) is 0 Å². The molecule has 142 valence electrons. The number of nitrogen functional groups attached to an aromatic ring is 2. The van der Waals surface area contributed by atoms with Gasteiger partial charge >= 0.3 is 0 Å². The molecule has 3 aromatic rings. The third kappa shape index (κ3) is 4.17. The maximum atomic E-state index is 5.78. The molecule has 0 saturated carbocycles. The zero-order valence-corrected chi connectivity index (χ0v) is 17.1. The molecule has 4 N–H and O–H groups in total. The number of hydrogen-bond acceptors (Lipinski definition) is 2. The summed E-state index contributed by atoms with van der Waals surface area (Å²) in [5.74, 6) is 0. The van der Waals surface area contributed by atoms with Crippen LogP contribution in [0.1, 0.15) is 44.5 Å². The molecule has 28 heavy (non-hydrogen) atoms. The van der Waals surface area contributed by atoms with E-state index in [0.29, 0.717) is 0 Å². The summed E-state index contributed by atoms with van der Waals surface area (Å²) in [6.45, 7) is 8.80. The van der Waals surface area contributed by atoms with Crippen molar-refractivity contribution < 1.29 is 0 Å². The summed E-state index contributed by atoms with van der Waals surface area (Å²) in [5.41, 5.74) is 23.3. The van der Waals surface area contributed by atoms with E-state index >= 15 is 0 Å². The van der Waals surface area contributed by atoms with Crippen LogP contribution in [0.4, 0.5) is 11.4 Å². The standard InChI is InChI=1S/C26H28N2/c1-17-18(2)26(16-10-22-7-13-24(28)14-8-22)20(4)19(3)25(17)15-9-21-5-11-23(27)12-6-21/h5-16H,27-28H2,1-4H3. The SMILES string of the molecule is Cc1c(C)c(C=Cc2ccc(N)cc2)c(C)c(C)c1C=Cc1ccc(N)cc1. The Morgan fingerprint density at radius 3 is 1.04 bits per heavy atom. The van der Waals surface area contributed by atoms with E-state index in [-0.39, 0.29) is 0 Å². The van der Waals surface area contributed by atoms with E-state index in [1.54, 1.807) is 0 Å². The average molecular weight is 369 g/mol. The second-order valence-corrected chi connectivity index (χ2v) is 7.33. The molecule has 0 amide bonds. The Balaban J connectivity index is 1.96. The smallest absolute Gasteiger partial charge is 0.0314 e. The van der Waals surface area contributed by atoms with Crippen LogP contribution in [0.3, 0.4) is 0 Å². The van der Waals surface area contributed by atoms with Crippen LogP contribution in [-0.2, 0) is 0 Å². The Morgan fingerprint density at radius 1 is 0.464 bits per heavy atom. The molecule has 0 aliphatic rings. The largest absolute Gasteiger partial charge is 0.399 e. The normalized spacial score (nSPS) is 11.6. The van der Waals surface area contributed by atoms with Crippen molar-refractivity contribution in [1.29, 1.82) is 0 Å². The van der Waals surface area contributed by atoms with Crippen LogP contribution in [0.5, 0.6) is 0 Å². The van der Waals surface area contributed by atoms with Crippen LogP contribution in [0.2, 0.25) is 0 Å². The third-order valence-corrected chi connectivity index (χ3v) is 5.50. The summed E-state index contributed by atoms with van der Waals surface area (Å²) in [7, 11) is 0. The van der Waals surface area contributed by atoms with E-state index in [4.69, 9.17) is 11.5 Å². The van der Waals surface area contributed by atoms with Crippen molar-refractivity contribution in [1.82, 2.24) is 0 Å². The molecule has 0 bridgehead atoms. The molecule has 3 aromatic carbocycles. The predicted octanol–water partition coefficient (Wildman–Crippen LogP) is 6.43. The van der Waals surface area contributed by atoms with Gasteiger partial charge in [-0.05, 0) is 96.5 Å². The number of anilines is 2. The maximum Gasteiger partial charge on any atom is 0.0314 e. The van der Waals surface area contributed by atoms with E-state index < -0.39 is 0 Å². The summed E-state index contributed by atoms with van der Waals surface area (Å²) in [6.07, 6.45) is 8.72. The lowest BCUT2D eigenvalue weighted by atomic mass is 9.88. The van der Waals surface area contributed by atoms with Gasteiger partial charge in [-0.25, -0.2) is 0 Å². The minimum absolute atomic E-state index is 0.786. The van der Waals surface area contributed by atoms with Crippen molar-refractivity contribution in [2.75, 3.05) is 11.5 Å². The molecule has 0 aliphatic carbocycles. The van der Waals surface area contributed by atoms with Crippen molar-refractivity contribution in [2.24, 2.45) is 0 Å². The highest BCUT2D eigenvalue weighted by Crippen LogP contribution is 2.29. The fourth-order valence-corrected chi connectivity index (χ4v) is 3.44. The topological polar surface area (TPSA) is 52.0 Å². The molecular formula is C26H28N2. The van der Waals surface area contributed by atoms with Gasteiger partial charge in [0.05, 0.1) is 0 Å². The van der Waals surface area contributed by atoms with Crippen LogP contribution in [-0.4, -0.2) is 0 Å². The van der Waals surface area contributed by atoms with Crippen molar-refractivity contribution in [3.63, 3.8) is 0 Å². The second kappa shape index (κ2) is 8.18. The second-order valence-electron chi connectivity index (χ2n) is 7.33. The van der Waals surface area contributed by atoms with Crippen molar-refractivity contribution >= 4 is 35.7 Å². The Bertz CT molecular complexity index is 922.